The van der Waals surface area contributed by atoms with Crippen molar-refractivity contribution in [3.8, 4) is 17.0 Å². The molecule has 1 aliphatic heterocycles. The molecule has 3 N–H and O–H groups in total. The van der Waals surface area contributed by atoms with Crippen molar-refractivity contribution in [3.05, 3.63) is 77.6 Å². The van der Waals surface area contributed by atoms with Crippen molar-refractivity contribution >= 4 is 23.4 Å². The summed E-state index contributed by atoms with van der Waals surface area (Å²) in [5, 5.41) is 4.15. The van der Waals surface area contributed by atoms with Crippen LogP contribution in [0.4, 0.5) is 20.3 Å². The second kappa shape index (κ2) is 11.4. The van der Waals surface area contributed by atoms with Crippen molar-refractivity contribution in [2.75, 3.05) is 24.2 Å². The summed E-state index contributed by atoms with van der Waals surface area (Å²) in [6, 6.07) is 6.73. The van der Waals surface area contributed by atoms with E-state index in [0.717, 1.165) is 37.0 Å². The van der Waals surface area contributed by atoms with Crippen LogP contribution in [0, 0.1) is 18.6 Å². The first-order valence-corrected chi connectivity index (χ1v) is 13.0. The number of rotatable bonds is 9. The first kappa shape index (κ1) is 27.2. The molecule has 2 aliphatic rings. The summed E-state index contributed by atoms with van der Waals surface area (Å²) in [7, 11) is 0. The molecule has 2 aromatic carbocycles. The van der Waals surface area contributed by atoms with Crippen LogP contribution in [-0.4, -0.2) is 46.1 Å². The van der Waals surface area contributed by atoms with Gasteiger partial charge in [-0.1, -0.05) is 12.6 Å². The second-order valence-corrected chi connectivity index (χ2v) is 9.89. The van der Waals surface area contributed by atoms with Gasteiger partial charge in [0.15, 0.2) is 11.6 Å². The fourth-order valence-corrected chi connectivity index (χ4v) is 4.78. The zero-order chi connectivity index (χ0) is 28.4. The smallest absolute Gasteiger partial charge is 0.349 e. The molecule has 3 aromatic rings. The van der Waals surface area contributed by atoms with Gasteiger partial charge in [0.05, 0.1) is 11.6 Å². The molecule has 40 heavy (non-hydrogen) atoms. The number of hydrogen-bond donors (Lipinski definition) is 2. The van der Waals surface area contributed by atoms with Crippen LogP contribution < -0.4 is 15.8 Å². The molecular weight excluding hydrogens is 520 g/mol. The molecule has 1 unspecified atom stereocenters. The van der Waals surface area contributed by atoms with Gasteiger partial charge in [0.1, 0.15) is 30.3 Å². The molecule has 1 amide bonds. The van der Waals surface area contributed by atoms with E-state index in [0.29, 0.717) is 30.0 Å². The molecule has 5 rings (SSSR count). The predicted octanol–water partition coefficient (Wildman–Crippen LogP) is 4.93. The summed E-state index contributed by atoms with van der Waals surface area (Å²) in [5.41, 5.74) is 7.99. The second-order valence-electron chi connectivity index (χ2n) is 9.89. The number of hydroxylamine groups is 2. The van der Waals surface area contributed by atoms with Crippen LogP contribution in [0.2, 0.25) is 0 Å². The average molecular weight is 550 g/mol. The highest BCUT2D eigenvalue weighted by atomic mass is 19.1. The number of carbonyl (C=O) groups is 2. The molecule has 1 atom stereocenters. The number of hydrogen-bond acceptors (Lipinski definition) is 8. The van der Waals surface area contributed by atoms with Gasteiger partial charge in [0, 0.05) is 23.9 Å². The third-order valence-electron chi connectivity index (χ3n) is 7.11. The van der Waals surface area contributed by atoms with Gasteiger partial charge in [0.2, 0.25) is 0 Å². The highest BCUT2D eigenvalue weighted by molar-refractivity contribution is 6.05. The molecule has 2 fully saturated rings. The molecule has 9 nitrogen and oxygen atoms in total. The van der Waals surface area contributed by atoms with Gasteiger partial charge in [-0.15, -0.1) is 5.06 Å². The van der Waals surface area contributed by atoms with Crippen molar-refractivity contribution in [2.45, 2.75) is 44.6 Å². The van der Waals surface area contributed by atoms with E-state index in [-0.39, 0.29) is 41.2 Å². The largest absolute Gasteiger partial charge is 0.486 e. The highest BCUT2D eigenvalue weighted by Gasteiger charge is 2.30. The zero-order valence-corrected chi connectivity index (χ0v) is 22.0. The van der Waals surface area contributed by atoms with Crippen LogP contribution in [0.1, 0.15) is 53.1 Å². The van der Waals surface area contributed by atoms with E-state index in [4.69, 9.17) is 15.3 Å². The summed E-state index contributed by atoms with van der Waals surface area (Å²) in [4.78, 5) is 38.2. The number of nitrogen functional groups attached to an aromatic ring is 1. The Morgan fingerprint density at radius 3 is 2.73 bits per heavy atom. The highest BCUT2D eigenvalue weighted by Crippen LogP contribution is 2.41. The van der Waals surface area contributed by atoms with E-state index >= 15 is 0 Å². The van der Waals surface area contributed by atoms with Crippen LogP contribution in [0.3, 0.4) is 0 Å². The zero-order valence-electron chi connectivity index (χ0n) is 22.0. The number of anilines is 2. The fourth-order valence-electron chi connectivity index (χ4n) is 4.78. The Labute approximate surface area is 230 Å². The van der Waals surface area contributed by atoms with Crippen LogP contribution in [0.15, 0.2) is 49.3 Å². The van der Waals surface area contributed by atoms with Crippen LogP contribution in [0.5, 0.6) is 5.75 Å². The monoisotopic (exact) mass is 549 g/mol. The van der Waals surface area contributed by atoms with Gasteiger partial charge in [-0.05, 0) is 73.9 Å². The van der Waals surface area contributed by atoms with Gasteiger partial charge < -0.3 is 20.6 Å². The van der Waals surface area contributed by atoms with Crippen molar-refractivity contribution in [1.82, 2.24) is 15.0 Å². The minimum absolute atomic E-state index is 0.0321. The number of ether oxygens (including phenoxy) is 1. The van der Waals surface area contributed by atoms with Gasteiger partial charge in [-0.25, -0.2) is 23.5 Å². The maximum atomic E-state index is 14.8. The number of nitrogens with zero attached hydrogens (tertiary/aromatic N) is 3. The summed E-state index contributed by atoms with van der Waals surface area (Å²) in [6.07, 6.45) is 5.83. The van der Waals surface area contributed by atoms with E-state index in [1.54, 1.807) is 13.0 Å². The van der Waals surface area contributed by atoms with E-state index in [1.807, 2.05) is 0 Å². The molecule has 1 aromatic heterocycles. The lowest BCUT2D eigenvalue weighted by molar-refractivity contribution is -0.190. The molecule has 1 saturated carbocycles. The molecule has 0 bridgehead atoms. The number of carbonyl (C=O) groups excluding carboxylic acids is 2. The van der Waals surface area contributed by atoms with Crippen molar-refractivity contribution in [3.63, 3.8) is 0 Å². The molecule has 208 valence electrons. The summed E-state index contributed by atoms with van der Waals surface area (Å²) >= 11 is 0. The number of halogens is 2. The number of benzene rings is 2. The third-order valence-corrected chi connectivity index (χ3v) is 7.11. The molecule has 1 saturated heterocycles. The van der Waals surface area contributed by atoms with E-state index in [2.05, 4.69) is 21.9 Å². The predicted molar refractivity (Wildman–Crippen MR) is 144 cm³/mol. The van der Waals surface area contributed by atoms with Crippen molar-refractivity contribution in [2.24, 2.45) is 0 Å². The topological polar surface area (TPSA) is 120 Å². The molecule has 1 aliphatic carbocycles. The minimum Gasteiger partial charge on any atom is -0.486 e. The van der Waals surface area contributed by atoms with Crippen LogP contribution in [-0.2, 0) is 9.63 Å². The normalized spacial score (nSPS) is 16.9. The summed E-state index contributed by atoms with van der Waals surface area (Å²) in [6.45, 7) is 5.72. The molecule has 0 spiro atoms. The molecular formula is C29H29F2N5O4. The molecule has 2 heterocycles. The number of nitrogens with one attached hydrogen (secondary N) is 1. The fraction of sp³-hybridized carbons (Fsp3) is 0.310. The maximum absolute atomic E-state index is 14.8. The minimum atomic E-state index is -0.700. The number of aromatic nitrogens is 2. The Morgan fingerprint density at radius 1 is 1.20 bits per heavy atom. The Morgan fingerprint density at radius 2 is 2.00 bits per heavy atom. The summed E-state index contributed by atoms with van der Waals surface area (Å²) in [5.74, 6) is -2.05. The van der Waals surface area contributed by atoms with Gasteiger partial charge in [-0.2, -0.15) is 0 Å². The number of amides is 1. The van der Waals surface area contributed by atoms with E-state index in [9.17, 15) is 18.4 Å². The Hall–Kier alpha value is -4.38. The summed E-state index contributed by atoms with van der Waals surface area (Å²) < 4.78 is 35.6. The van der Waals surface area contributed by atoms with Crippen LogP contribution in [0.25, 0.3) is 11.3 Å². The first-order valence-electron chi connectivity index (χ1n) is 13.0. The standard InChI is InChI=1S/C29H29F2N5O4/c1-3-25(37)40-36-10-4-5-20(36)14-39-27-26(33-15-34-28(27)32)22-12-19(30)13-24(16(22)2)35-29(38)21-9-8-18(11-23(21)31)17-6-7-17/h3,8-9,11-13,15,17,20H,1,4-7,10,14H2,2H3,(H,35,38)(H2,32,33,34). The quantitative estimate of drug-likeness (QED) is 0.361. The number of nitrogens with two attached hydrogens (primary N) is 1. The SMILES string of the molecule is C=CC(=O)ON1CCCC1COc1c(N)ncnc1-c1cc(F)cc(NC(=O)c2ccc(C3CC3)cc2F)c1C. The lowest BCUT2D eigenvalue weighted by atomic mass is 10.0. The Balaban J connectivity index is 1.39. The van der Waals surface area contributed by atoms with Crippen molar-refractivity contribution < 1.29 is 27.9 Å². The molecule has 11 heteroatoms. The lowest BCUT2D eigenvalue weighted by Gasteiger charge is -2.23. The lowest BCUT2D eigenvalue weighted by Crippen LogP contribution is -2.35. The van der Waals surface area contributed by atoms with Gasteiger partial charge in [0.25, 0.3) is 5.91 Å². The van der Waals surface area contributed by atoms with Gasteiger partial charge >= 0.3 is 5.97 Å². The van der Waals surface area contributed by atoms with Crippen molar-refractivity contribution in [1.29, 1.82) is 0 Å². The Kier molecular flexibility index (Phi) is 7.74. The maximum Gasteiger partial charge on any atom is 0.349 e. The van der Waals surface area contributed by atoms with E-state index < -0.39 is 23.5 Å². The Bertz CT molecular complexity index is 1480. The third kappa shape index (κ3) is 5.79. The van der Waals surface area contributed by atoms with E-state index in [1.165, 1.54) is 29.6 Å². The van der Waals surface area contributed by atoms with Crippen LogP contribution >= 0.6 is 0 Å². The first-order chi connectivity index (χ1) is 19.2. The van der Waals surface area contributed by atoms with Gasteiger partial charge in [-0.3, -0.25) is 4.79 Å². The molecule has 0 radical (unpaired) electrons. The average Bonchev–Trinajstić information content (AvgIpc) is 3.69.